The van der Waals surface area contributed by atoms with Crippen LogP contribution in [0.3, 0.4) is 0 Å². The maximum atomic E-state index is 11.6. The fourth-order valence-electron chi connectivity index (χ4n) is 2.05. The highest BCUT2D eigenvalue weighted by Crippen LogP contribution is 2.25. The Balaban J connectivity index is 1.93. The van der Waals surface area contributed by atoms with Crippen LogP contribution in [0.2, 0.25) is 0 Å². The number of ether oxygens (including phenoxy) is 1. The number of anilines is 1. The second-order valence-corrected chi connectivity index (χ2v) is 4.52. The average Bonchev–Trinajstić information content (AvgIpc) is 2.85. The Kier molecular flexibility index (Phi) is 3.06. The largest absolute Gasteiger partial charge is 0.394 e. The van der Waals surface area contributed by atoms with Gasteiger partial charge in [-0.3, -0.25) is 9.89 Å². The van der Waals surface area contributed by atoms with Crippen molar-refractivity contribution in [1.29, 1.82) is 0 Å². The zero-order chi connectivity index (χ0) is 13.2. The summed E-state index contributed by atoms with van der Waals surface area (Å²) in [6.07, 6.45) is 3.31. The molecule has 7 heteroatoms. The van der Waals surface area contributed by atoms with Crippen molar-refractivity contribution >= 4 is 5.69 Å². The monoisotopic (exact) mass is 261 g/mol. The van der Waals surface area contributed by atoms with Gasteiger partial charge >= 0.3 is 0 Å². The number of nitrogens with one attached hydrogen (secondary N) is 3. The number of nitrogen functional groups attached to an aromatic ring is 1. The number of H-pyrrole nitrogens is 2. The first kappa shape index (κ1) is 11.9. The summed E-state index contributed by atoms with van der Waals surface area (Å²) in [5.41, 5.74) is 8.16. The molecule has 2 aromatic heterocycles. The average molecular weight is 261 g/mol. The third-order valence-corrected chi connectivity index (χ3v) is 3.20. The molecular weight excluding hydrogens is 246 g/mol. The molecule has 0 aromatic carbocycles. The lowest BCUT2D eigenvalue weighted by atomic mass is 10.0. The van der Waals surface area contributed by atoms with Crippen LogP contribution in [0.1, 0.15) is 5.56 Å². The second kappa shape index (κ2) is 4.87. The van der Waals surface area contributed by atoms with E-state index in [1.54, 1.807) is 18.5 Å². The highest BCUT2D eigenvalue weighted by Gasteiger charge is 2.19. The van der Waals surface area contributed by atoms with Crippen LogP contribution in [-0.2, 0) is 11.3 Å². The molecule has 0 unspecified atom stereocenters. The summed E-state index contributed by atoms with van der Waals surface area (Å²) in [7, 11) is 0. The summed E-state index contributed by atoms with van der Waals surface area (Å²) >= 11 is 0. The van der Waals surface area contributed by atoms with Crippen LogP contribution in [0.25, 0.3) is 11.3 Å². The second-order valence-electron chi connectivity index (χ2n) is 4.52. The normalized spacial score (nSPS) is 15.4. The smallest absolute Gasteiger partial charge is 0.271 e. The van der Waals surface area contributed by atoms with Gasteiger partial charge in [-0.1, -0.05) is 0 Å². The minimum absolute atomic E-state index is 0.202. The predicted octanol–water partition coefficient (Wildman–Crippen LogP) is -0.164. The molecule has 0 aliphatic carbocycles. The highest BCUT2D eigenvalue weighted by molar-refractivity contribution is 5.75. The third kappa shape index (κ3) is 2.25. The Hall–Kier alpha value is -2.12. The molecule has 2 aromatic rings. The molecule has 0 atom stereocenters. The first-order valence-electron chi connectivity index (χ1n) is 6.06. The summed E-state index contributed by atoms with van der Waals surface area (Å²) < 4.78 is 5.11. The van der Waals surface area contributed by atoms with Crippen molar-refractivity contribution in [2.75, 3.05) is 18.9 Å². The molecule has 100 valence electrons. The van der Waals surface area contributed by atoms with E-state index in [9.17, 15) is 4.79 Å². The molecule has 1 fully saturated rings. The number of hydrogen-bond donors (Lipinski definition) is 4. The van der Waals surface area contributed by atoms with E-state index < -0.39 is 0 Å². The molecule has 1 aliphatic rings. The number of hydrogen-bond acceptors (Lipinski definition) is 5. The van der Waals surface area contributed by atoms with Crippen molar-refractivity contribution in [2.24, 2.45) is 0 Å². The molecule has 3 heterocycles. The number of aromatic nitrogens is 3. The summed E-state index contributed by atoms with van der Waals surface area (Å²) in [5, 5.41) is 10.1. The quantitative estimate of drug-likeness (QED) is 0.611. The minimum Gasteiger partial charge on any atom is -0.394 e. The summed E-state index contributed by atoms with van der Waals surface area (Å²) in [4.78, 5) is 14.3. The molecule has 1 saturated heterocycles. The summed E-state index contributed by atoms with van der Waals surface area (Å²) in [6, 6.07) is 2.16. The van der Waals surface area contributed by atoms with Crippen LogP contribution in [0.4, 0.5) is 5.69 Å². The van der Waals surface area contributed by atoms with Gasteiger partial charge in [-0.05, 0) is 11.6 Å². The van der Waals surface area contributed by atoms with E-state index in [-0.39, 0.29) is 11.2 Å². The van der Waals surface area contributed by atoms with Gasteiger partial charge in [-0.2, -0.15) is 5.10 Å². The Labute approximate surface area is 109 Å². The lowest BCUT2D eigenvalue weighted by molar-refractivity contribution is -0.00577. The standard InChI is InChI=1S/C12H15N5O2/c13-11-10(9-1-2-16-17-9)7(4-15-12(11)18)3-14-8-5-19-6-8/h1-2,4,8,14H,3,5-6,13H2,(H,15,18)(H,16,17). The van der Waals surface area contributed by atoms with Crippen molar-refractivity contribution in [3.8, 4) is 11.3 Å². The van der Waals surface area contributed by atoms with Crippen molar-refractivity contribution in [2.45, 2.75) is 12.6 Å². The molecule has 3 rings (SSSR count). The van der Waals surface area contributed by atoms with Crippen LogP contribution in [0.5, 0.6) is 0 Å². The number of rotatable bonds is 4. The molecule has 7 nitrogen and oxygen atoms in total. The van der Waals surface area contributed by atoms with Crippen LogP contribution >= 0.6 is 0 Å². The van der Waals surface area contributed by atoms with Gasteiger partial charge in [0.05, 0.1) is 24.9 Å². The molecule has 0 amide bonds. The molecule has 0 spiro atoms. The molecule has 1 aliphatic heterocycles. The number of nitrogens with two attached hydrogens (primary N) is 1. The van der Waals surface area contributed by atoms with Crippen LogP contribution in [-0.4, -0.2) is 34.4 Å². The molecule has 0 radical (unpaired) electrons. The molecule has 0 bridgehead atoms. The van der Waals surface area contributed by atoms with Crippen molar-refractivity contribution in [1.82, 2.24) is 20.5 Å². The van der Waals surface area contributed by atoms with Gasteiger partial charge in [-0.25, -0.2) is 0 Å². The molecule has 0 saturated carbocycles. The van der Waals surface area contributed by atoms with E-state index in [0.717, 1.165) is 24.5 Å². The highest BCUT2D eigenvalue weighted by atomic mass is 16.5. The Morgan fingerprint density at radius 1 is 1.53 bits per heavy atom. The van der Waals surface area contributed by atoms with Gasteiger partial charge < -0.3 is 20.8 Å². The van der Waals surface area contributed by atoms with Crippen molar-refractivity contribution in [3.63, 3.8) is 0 Å². The maximum absolute atomic E-state index is 11.6. The van der Waals surface area contributed by atoms with Crippen LogP contribution < -0.4 is 16.6 Å². The lowest BCUT2D eigenvalue weighted by Gasteiger charge is -2.27. The summed E-state index contributed by atoms with van der Waals surface area (Å²) in [6.45, 7) is 2.06. The molecular formula is C12H15N5O2. The van der Waals surface area contributed by atoms with Gasteiger partial charge in [0.1, 0.15) is 5.69 Å². The van der Waals surface area contributed by atoms with Crippen LogP contribution in [0, 0.1) is 0 Å². The topological polar surface area (TPSA) is 109 Å². The Morgan fingerprint density at radius 2 is 2.37 bits per heavy atom. The van der Waals surface area contributed by atoms with Gasteiger partial charge in [0.2, 0.25) is 0 Å². The van der Waals surface area contributed by atoms with E-state index in [1.165, 1.54) is 0 Å². The van der Waals surface area contributed by atoms with Gasteiger partial charge in [-0.15, -0.1) is 0 Å². The van der Waals surface area contributed by atoms with Crippen molar-refractivity contribution in [3.05, 3.63) is 34.4 Å². The van der Waals surface area contributed by atoms with E-state index in [1.807, 2.05) is 0 Å². The van der Waals surface area contributed by atoms with E-state index in [2.05, 4.69) is 20.5 Å². The summed E-state index contributed by atoms with van der Waals surface area (Å²) in [5.74, 6) is 0. The molecule has 5 N–H and O–H groups in total. The number of nitrogens with zero attached hydrogens (tertiary/aromatic N) is 1. The Morgan fingerprint density at radius 3 is 3.00 bits per heavy atom. The first-order chi connectivity index (χ1) is 9.25. The first-order valence-corrected chi connectivity index (χ1v) is 6.06. The maximum Gasteiger partial charge on any atom is 0.271 e. The fourth-order valence-corrected chi connectivity index (χ4v) is 2.05. The van der Waals surface area contributed by atoms with Crippen LogP contribution in [0.15, 0.2) is 23.3 Å². The van der Waals surface area contributed by atoms with Gasteiger partial charge in [0.15, 0.2) is 0 Å². The fraction of sp³-hybridized carbons (Fsp3) is 0.333. The number of aromatic amines is 2. The third-order valence-electron chi connectivity index (χ3n) is 3.20. The molecule has 19 heavy (non-hydrogen) atoms. The number of pyridine rings is 1. The zero-order valence-electron chi connectivity index (χ0n) is 10.3. The Bertz CT molecular complexity index is 616. The van der Waals surface area contributed by atoms with E-state index >= 15 is 0 Å². The van der Waals surface area contributed by atoms with E-state index in [4.69, 9.17) is 10.5 Å². The lowest BCUT2D eigenvalue weighted by Crippen LogP contribution is -2.45. The van der Waals surface area contributed by atoms with Gasteiger partial charge in [0, 0.05) is 24.5 Å². The van der Waals surface area contributed by atoms with E-state index in [0.29, 0.717) is 18.2 Å². The SMILES string of the molecule is Nc1c(-c2ccn[nH]2)c(CNC2COC2)c[nH]c1=O. The van der Waals surface area contributed by atoms with Crippen molar-refractivity contribution < 1.29 is 4.74 Å². The minimum atomic E-state index is -0.291. The van der Waals surface area contributed by atoms with Gasteiger partial charge in [0.25, 0.3) is 5.56 Å². The zero-order valence-corrected chi connectivity index (χ0v) is 10.3. The predicted molar refractivity (Wildman–Crippen MR) is 70.5 cm³/mol.